The SMILES string of the molecule is CC(=O)NC(C)C(=O)Nc1nnc(Cc2ccsc2)s1. The van der Waals surface area contributed by atoms with Crippen LogP contribution in [-0.4, -0.2) is 28.1 Å². The van der Waals surface area contributed by atoms with Gasteiger partial charge in [0.25, 0.3) is 0 Å². The number of aromatic nitrogens is 2. The number of nitrogens with one attached hydrogen (secondary N) is 2. The molecule has 0 bridgehead atoms. The average molecular weight is 310 g/mol. The van der Waals surface area contributed by atoms with Crippen molar-refractivity contribution in [2.24, 2.45) is 0 Å². The van der Waals surface area contributed by atoms with Crippen LogP contribution in [0.1, 0.15) is 24.4 Å². The van der Waals surface area contributed by atoms with Gasteiger partial charge in [-0.1, -0.05) is 11.3 Å². The molecule has 0 aliphatic rings. The fourth-order valence-electron chi connectivity index (χ4n) is 1.53. The summed E-state index contributed by atoms with van der Waals surface area (Å²) in [6.07, 6.45) is 0.707. The molecule has 0 saturated carbocycles. The maximum Gasteiger partial charge on any atom is 0.248 e. The Morgan fingerprint density at radius 2 is 2.20 bits per heavy atom. The van der Waals surface area contributed by atoms with Crippen LogP contribution < -0.4 is 10.6 Å². The van der Waals surface area contributed by atoms with Crippen LogP contribution in [0.4, 0.5) is 5.13 Å². The summed E-state index contributed by atoms with van der Waals surface area (Å²) in [7, 11) is 0. The number of hydrogen-bond donors (Lipinski definition) is 2. The zero-order valence-corrected chi connectivity index (χ0v) is 12.7. The molecule has 0 aliphatic heterocycles. The quantitative estimate of drug-likeness (QED) is 0.879. The Labute approximate surface area is 124 Å². The van der Waals surface area contributed by atoms with Crippen molar-refractivity contribution < 1.29 is 9.59 Å². The first-order valence-corrected chi connectivity index (χ1v) is 7.72. The van der Waals surface area contributed by atoms with Crippen molar-refractivity contribution >= 4 is 39.6 Å². The van der Waals surface area contributed by atoms with Gasteiger partial charge in [-0.2, -0.15) is 11.3 Å². The summed E-state index contributed by atoms with van der Waals surface area (Å²) in [6.45, 7) is 2.98. The van der Waals surface area contributed by atoms with Gasteiger partial charge in [-0.05, 0) is 29.3 Å². The molecule has 6 nitrogen and oxygen atoms in total. The van der Waals surface area contributed by atoms with Crippen LogP contribution in [0.3, 0.4) is 0 Å². The van der Waals surface area contributed by atoms with Gasteiger partial charge in [-0.25, -0.2) is 0 Å². The highest BCUT2D eigenvalue weighted by Gasteiger charge is 2.15. The molecular formula is C12H14N4O2S2. The van der Waals surface area contributed by atoms with E-state index in [2.05, 4.69) is 26.2 Å². The Balaban J connectivity index is 1.92. The lowest BCUT2D eigenvalue weighted by Gasteiger charge is -2.10. The number of nitrogens with zero attached hydrogens (tertiary/aromatic N) is 2. The number of anilines is 1. The third-order valence-corrected chi connectivity index (χ3v) is 4.02. The van der Waals surface area contributed by atoms with Gasteiger partial charge in [-0.3, -0.25) is 14.9 Å². The molecule has 0 spiro atoms. The lowest BCUT2D eigenvalue weighted by atomic mass is 10.3. The van der Waals surface area contributed by atoms with E-state index in [0.29, 0.717) is 11.6 Å². The van der Waals surface area contributed by atoms with Crippen molar-refractivity contribution in [2.45, 2.75) is 26.3 Å². The molecule has 2 N–H and O–H groups in total. The molecule has 2 heterocycles. The normalized spacial score (nSPS) is 11.9. The lowest BCUT2D eigenvalue weighted by Crippen LogP contribution is -2.40. The molecule has 2 amide bonds. The molecule has 2 aromatic heterocycles. The predicted molar refractivity (Wildman–Crippen MR) is 78.9 cm³/mol. The number of carbonyl (C=O) groups excluding carboxylic acids is 2. The smallest absolute Gasteiger partial charge is 0.248 e. The molecule has 8 heteroatoms. The molecule has 1 unspecified atom stereocenters. The Bertz CT molecular complexity index is 594. The minimum absolute atomic E-state index is 0.247. The molecule has 106 valence electrons. The molecule has 0 aliphatic carbocycles. The molecule has 2 rings (SSSR count). The van der Waals surface area contributed by atoms with E-state index in [9.17, 15) is 9.59 Å². The Kier molecular flexibility index (Phi) is 4.80. The van der Waals surface area contributed by atoms with Crippen LogP contribution in [0.5, 0.6) is 0 Å². The van der Waals surface area contributed by atoms with Gasteiger partial charge in [0.2, 0.25) is 16.9 Å². The van der Waals surface area contributed by atoms with E-state index in [1.54, 1.807) is 18.3 Å². The molecule has 0 saturated heterocycles. The average Bonchev–Trinajstić information content (AvgIpc) is 3.01. The largest absolute Gasteiger partial charge is 0.345 e. The molecule has 0 aromatic carbocycles. The highest BCUT2D eigenvalue weighted by molar-refractivity contribution is 7.15. The highest BCUT2D eigenvalue weighted by atomic mass is 32.1. The summed E-state index contributed by atoms with van der Waals surface area (Å²) >= 11 is 2.97. The van der Waals surface area contributed by atoms with E-state index in [0.717, 1.165) is 5.01 Å². The Hall–Kier alpha value is -1.80. The van der Waals surface area contributed by atoms with Crippen LogP contribution in [0.15, 0.2) is 16.8 Å². The van der Waals surface area contributed by atoms with E-state index in [1.807, 2.05) is 11.4 Å². The fraction of sp³-hybridized carbons (Fsp3) is 0.333. The van der Waals surface area contributed by atoms with Crippen molar-refractivity contribution in [1.82, 2.24) is 15.5 Å². The van der Waals surface area contributed by atoms with Crippen LogP contribution in [0, 0.1) is 0 Å². The number of hydrogen-bond acceptors (Lipinski definition) is 6. The van der Waals surface area contributed by atoms with Crippen molar-refractivity contribution in [1.29, 1.82) is 0 Å². The van der Waals surface area contributed by atoms with Crippen molar-refractivity contribution in [3.63, 3.8) is 0 Å². The molecule has 20 heavy (non-hydrogen) atoms. The first-order valence-electron chi connectivity index (χ1n) is 5.96. The summed E-state index contributed by atoms with van der Waals surface area (Å²) in [5.41, 5.74) is 1.18. The third-order valence-electron chi connectivity index (χ3n) is 2.45. The van der Waals surface area contributed by atoms with Crippen LogP contribution in [0.2, 0.25) is 0 Å². The Morgan fingerprint density at radius 3 is 2.85 bits per heavy atom. The van der Waals surface area contributed by atoms with E-state index in [-0.39, 0.29) is 11.8 Å². The summed E-state index contributed by atoms with van der Waals surface area (Å²) in [5, 5.41) is 18.5. The standard InChI is InChI=1S/C12H14N4O2S2/c1-7(13-8(2)17)11(18)14-12-16-15-10(20-12)5-9-3-4-19-6-9/h3-4,6-7H,5H2,1-2H3,(H,13,17)(H,14,16,18). The van der Waals surface area contributed by atoms with E-state index in [1.165, 1.54) is 23.8 Å². The zero-order chi connectivity index (χ0) is 14.5. The van der Waals surface area contributed by atoms with Gasteiger partial charge in [0.1, 0.15) is 11.0 Å². The van der Waals surface area contributed by atoms with Gasteiger partial charge in [0, 0.05) is 13.3 Å². The molecule has 2 aromatic rings. The molecular weight excluding hydrogens is 296 g/mol. The highest BCUT2D eigenvalue weighted by Crippen LogP contribution is 2.19. The number of amides is 2. The number of thiophene rings is 1. The first-order chi connectivity index (χ1) is 9.54. The van der Waals surface area contributed by atoms with Gasteiger partial charge < -0.3 is 5.32 Å². The van der Waals surface area contributed by atoms with Crippen molar-refractivity contribution in [3.05, 3.63) is 27.4 Å². The topological polar surface area (TPSA) is 84.0 Å². The van der Waals surface area contributed by atoms with E-state index < -0.39 is 6.04 Å². The molecule has 0 radical (unpaired) electrons. The first kappa shape index (κ1) is 14.6. The predicted octanol–water partition coefficient (Wildman–Crippen LogP) is 1.65. The van der Waals surface area contributed by atoms with Crippen LogP contribution in [-0.2, 0) is 16.0 Å². The van der Waals surface area contributed by atoms with Crippen LogP contribution in [0.25, 0.3) is 0 Å². The van der Waals surface area contributed by atoms with Crippen LogP contribution >= 0.6 is 22.7 Å². The summed E-state index contributed by atoms with van der Waals surface area (Å²) in [5.74, 6) is -0.554. The van der Waals surface area contributed by atoms with E-state index >= 15 is 0 Å². The third kappa shape index (κ3) is 4.10. The van der Waals surface area contributed by atoms with E-state index in [4.69, 9.17) is 0 Å². The van der Waals surface area contributed by atoms with Crippen molar-refractivity contribution in [2.75, 3.05) is 5.32 Å². The minimum Gasteiger partial charge on any atom is -0.345 e. The second kappa shape index (κ2) is 6.58. The second-order valence-electron chi connectivity index (χ2n) is 4.22. The summed E-state index contributed by atoms with van der Waals surface area (Å²) in [4.78, 5) is 22.7. The maximum atomic E-state index is 11.8. The maximum absolute atomic E-state index is 11.8. The number of carbonyl (C=O) groups is 2. The van der Waals surface area contributed by atoms with Gasteiger partial charge in [0.05, 0.1) is 0 Å². The minimum atomic E-state index is -0.600. The van der Waals surface area contributed by atoms with Gasteiger partial charge >= 0.3 is 0 Å². The van der Waals surface area contributed by atoms with Gasteiger partial charge in [-0.15, -0.1) is 10.2 Å². The lowest BCUT2D eigenvalue weighted by molar-refractivity contribution is -0.124. The fourth-order valence-corrected chi connectivity index (χ4v) is 2.97. The monoisotopic (exact) mass is 310 g/mol. The van der Waals surface area contributed by atoms with Crippen molar-refractivity contribution in [3.8, 4) is 0 Å². The second-order valence-corrected chi connectivity index (χ2v) is 6.06. The summed E-state index contributed by atoms with van der Waals surface area (Å²) in [6, 6.07) is 1.43. The van der Waals surface area contributed by atoms with Gasteiger partial charge in [0.15, 0.2) is 0 Å². The molecule has 0 fully saturated rings. The summed E-state index contributed by atoms with van der Waals surface area (Å²) < 4.78 is 0. The zero-order valence-electron chi connectivity index (χ0n) is 11.0. The number of rotatable bonds is 5. The molecule has 1 atom stereocenters. The Morgan fingerprint density at radius 1 is 1.40 bits per heavy atom.